The summed E-state index contributed by atoms with van der Waals surface area (Å²) in [6.07, 6.45) is 1.66. The van der Waals surface area contributed by atoms with Crippen molar-refractivity contribution in [1.82, 2.24) is 14.4 Å². The second kappa shape index (κ2) is 9.63. The number of para-hydroxylation sites is 1. The molecular formula is C24H27ClN4O3. The molecule has 1 aromatic carbocycles. The van der Waals surface area contributed by atoms with Crippen LogP contribution in [0.25, 0.3) is 0 Å². The summed E-state index contributed by atoms with van der Waals surface area (Å²) in [4.78, 5) is 29.5. The number of benzene rings is 1. The minimum Gasteiger partial charge on any atom is -0.467 e. The minimum atomic E-state index is -0.112. The van der Waals surface area contributed by atoms with Crippen LogP contribution < -0.4 is 5.32 Å². The molecule has 0 aliphatic carbocycles. The normalized spacial score (nSPS) is 14.5. The van der Waals surface area contributed by atoms with Gasteiger partial charge in [-0.15, -0.1) is 0 Å². The molecule has 1 saturated heterocycles. The molecule has 2 aromatic heterocycles. The van der Waals surface area contributed by atoms with Crippen LogP contribution in [0.2, 0.25) is 5.02 Å². The molecule has 168 valence electrons. The Kier molecular flexibility index (Phi) is 6.67. The lowest BCUT2D eigenvalue weighted by atomic mass is 10.2. The van der Waals surface area contributed by atoms with Gasteiger partial charge < -0.3 is 19.2 Å². The van der Waals surface area contributed by atoms with Gasteiger partial charge in [0.2, 0.25) is 5.91 Å². The number of aromatic nitrogens is 1. The van der Waals surface area contributed by atoms with E-state index in [9.17, 15) is 9.59 Å². The predicted molar refractivity (Wildman–Crippen MR) is 124 cm³/mol. The summed E-state index contributed by atoms with van der Waals surface area (Å²) >= 11 is 6.11. The number of aryl methyl sites for hydroxylation is 1. The zero-order valence-electron chi connectivity index (χ0n) is 18.3. The largest absolute Gasteiger partial charge is 0.467 e. The number of carbonyl (C=O) groups is 2. The highest BCUT2D eigenvalue weighted by Gasteiger charge is 2.26. The molecule has 3 aromatic rings. The first-order valence-corrected chi connectivity index (χ1v) is 11.1. The zero-order chi connectivity index (χ0) is 22.7. The third kappa shape index (κ3) is 4.89. The lowest BCUT2D eigenvalue weighted by molar-refractivity contribution is -0.117. The van der Waals surface area contributed by atoms with E-state index in [4.69, 9.17) is 16.0 Å². The molecule has 0 spiro atoms. The summed E-state index contributed by atoms with van der Waals surface area (Å²) < 4.78 is 7.56. The molecule has 1 aliphatic heterocycles. The van der Waals surface area contributed by atoms with E-state index in [1.165, 1.54) is 0 Å². The van der Waals surface area contributed by atoms with Crippen LogP contribution in [-0.4, -0.2) is 58.9 Å². The Balaban J connectivity index is 1.33. The molecule has 0 atom stereocenters. The van der Waals surface area contributed by atoms with Crippen molar-refractivity contribution in [2.24, 2.45) is 0 Å². The molecule has 8 heteroatoms. The summed E-state index contributed by atoms with van der Waals surface area (Å²) in [6, 6.07) is 12.9. The first-order valence-electron chi connectivity index (χ1n) is 10.7. The highest BCUT2D eigenvalue weighted by atomic mass is 35.5. The summed E-state index contributed by atoms with van der Waals surface area (Å²) in [5, 5.41) is 3.36. The monoisotopic (exact) mass is 454 g/mol. The Labute approximate surface area is 192 Å². The van der Waals surface area contributed by atoms with Crippen molar-refractivity contribution in [2.75, 3.05) is 38.0 Å². The quantitative estimate of drug-likeness (QED) is 0.615. The van der Waals surface area contributed by atoms with Gasteiger partial charge in [-0.05, 0) is 44.2 Å². The van der Waals surface area contributed by atoms with Crippen molar-refractivity contribution in [2.45, 2.75) is 20.4 Å². The number of furan rings is 1. The van der Waals surface area contributed by atoms with Gasteiger partial charge in [0, 0.05) is 37.6 Å². The van der Waals surface area contributed by atoms with E-state index in [1.807, 2.05) is 49.1 Å². The Morgan fingerprint density at radius 2 is 1.81 bits per heavy atom. The maximum absolute atomic E-state index is 13.2. The highest BCUT2D eigenvalue weighted by Crippen LogP contribution is 2.21. The van der Waals surface area contributed by atoms with Crippen molar-refractivity contribution in [3.05, 3.63) is 76.5 Å². The number of amides is 2. The molecule has 1 N–H and O–H groups in total. The number of hydrogen-bond acceptors (Lipinski definition) is 4. The molecule has 0 unspecified atom stereocenters. The lowest BCUT2D eigenvalue weighted by Gasteiger charge is -2.34. The topological polar surface area (TPSA) is 70.7 Å². The van der Waals surface area contributed by atoms with Gasteiger partial charge in [0.1, 0.15) is 5.76 Å². The van der Waals surface area contributed by atoms with Crippen LogP contribution in [0.4, 0.5) is 5.69 Å². The Morgan fingerprint density at radius 3 is 2.50 bits per heavy atom. The van der Waals surface area contributed by atoms with Gasteiger partial charge in [-0.1, -0.05) is 23.7 Å². The number of nitrogens with one attached hydrogen (secondary N) is 1. The van der Waals surface area contributed by atoms with E-state index < -0.39 is 0 Å². The van der Waals surface area contributed by atoms with Gasteiger partial charge in [0.15, 0.2) is 0 Å². The summed E-state index contributed by atoms with van der Waals surface area (Å²) in [5.41, 5.74) is 3.29. The molecule has 1 aliphatic rings. The SMILES string of the molecule is Cc1cc(C(=O)N2CCN(CC(=O)Nc3ccccc3Cl)CC2)c(C)n1Cc1ccco1. The highest BCUT2D eigenvalue weighted by molar-refractivity contribution is 6.33. The van der Waals surface area contributed by atoms with Crippen LogP contribution >= 0.6 is 11.6 Å². The lowest BCUT2D eigenvalue weighted by Crippen LogP contribution is -2.50. The van der Waals surface area contributed by atoms with Gasteiger partial charge in [-0.3, -0.25) is 14.5 Å². The van der Waals surface area contributed by atoms with Crippen LogP contribution in [0.1, 0.15) is 27.5 Å². The number of anilines is 1. The number of piperazine rings is 1. The first kappa shape index (κ1) is 22.2. The van der Waals surface area contributed by atoms with E-state index >= 15 is 0 Å². The Bertz CT molecular complexity index is 1100. The fraction of sp³-hybridized carbons (Fsp3) is 0.333. The zero-order valence-corrected chi connectivity index (χ0v) is 19.1. The van der Waals surface area contributed by atoms with E-state index in [0.29, 0.717) is 43.4 Å². The number of hydrogen-bond donors (Lipinski definition) is 1. The molecule has 1 fully saturated rings. The molecule has 4 rings (SSSR count). The summed E-state index contributed by atoms with van der Waals surface area (Å²) in [5.74, 6) is 0.776. The fourth-order valence-electron chi connectivity index (χ4n) is 4.05. The van der Waals surface area contributed by atoms with Gasteiger partial charge in [-0.2, -0.15) is 0 Å². The van der Waals surface area contributed by atoms with E-state index in [2.05, 4.69) is 14.8 Å². The number of rotatable bonds is 6. The summed E-state index contributed by atoms with van der Waals surface area (Å²) in [6.45, 7) is 7.30. The van der Waals surface area contributed by atoms with Crippen molar-refractivity contribution >= 4 is 29.1 Å². The minimum absolute atomic E-state index is 0.0314. The number of carbonyl (C=O) groups excluding carboxylic acids is 2. The molecular weight excluding hydrogens is 428 g/mol. The van der Waals surface area contributed by atoms with E-state index in [0.717, 1.165) is 22.7 Å². The first-order chi connectivity index (χ1) is 15.4. The Hall–Kier alpha value is -3.03. The maximum atomic E-state index is 13.2. The standard InChI is InChI=1S/C24H27ClN4O3/c1-17-14-20(18(2)29(17)15-19-6-5-13-32-19)24(31)28-11-9-27(10-12-28)16-23(30)26-22-8-4-3-7-21(22)25/h3-8,13-14H,9-12,15-16H2,1-2H3,(H,26,30). The average molecular weight is 455 g/mol. The van der Waals surface area contributed by atoms with Crippen molar-refractivity contribution in [3.8, 4) is 0 Å². The van der Waals surface area contributed by atoms with Crippen LogP contribution in [0, 0.1) is 13.8 Å². The van der Waals surface area contributed by atoms with Crippen molar-refractivity contribution < 1.29 is 14.0 Å². The molecule has 3 heterocycles. The smallest absolute Gasteiger partial charge is 0.255 e. The van der Waals surface area contributed by atoms with Crippen molar-refractivity contribution in [3.63, 3.8) is 0 Å². The summed E-state index contributed by atoms with van der Waals surface area (Å²) in [7, 11) is 0. The van der Waals surface area contributed by atoms with E-state index in [-0.39, 0.29) is 18.4 Å². The third-order valence-electron chi connectivity index (χ3n) is 5.87. The van der Waals surface area contributed by atoms with Crippen molar-refractivity contribution in [1.29, 1.82) is 0 Å². The van der Waals surface area contributed by atoms with Crippen LogP contribution in [0.15, 0.2) is 53.1 Å². The van der Waals surface area contributed by atoms with Gasteiger partial charge in [-0.25, -0.2) is 0 Å². The third-order valence-corrected chi connectivity index (χ3v) is 6.20. The fourth-order valence-corrected chi connectivity index (χ4v) is 4.24. The molecule has 0 saturated carbocycles. The second-order valence-corrected chi connectivity index (χ2v) is 8.45. The van der Waals surface area contributed by atoms with Gasteiger partial charge in [0.05, 0.1) is 35.6 Å². The van der Waals surface area contributed by atoms with Crippen LogP contribution in [0.3, 0.4) is 0 Å². The van der Waals surface area contributed by atoms with Crippen LogP contribution in [-0.2, 0) is 11.3 Å². The second-order valence-electron chi connectivity index (χ2n) is 8.05. The van der Waals surface area contributed by atoms with Crippen LogP contribution in [0.5, 0.6) is 0 Å². The maximum Gasteiger partial charge on any atom is 0.255 e. The average Bonchev–Trinajstić information content (AvgIpc) is 3.39. The molecule has 7 nitrogen and oxygen atoms in total. The molecule has 2 amide bonds. The van der Waals surface area contributed by atoms with Gasteiger partial charge >= 0.3 is 0 Å². The molecule has 32 heavy (non-hydrogen) atoms. The van der Waals surface area contributed by atoms with Gasteiger partial charge in [0.25, 0.3) is 5.91 Å². The predicted octanol–water partition coefficient (Wildman–Crippen LogP) is 3.80. The molecule has 0 radical (unpaired) electrons. The Morgan fingerprint density at radius 1 is 1.06 bits per heavy atom. The van der Waals surface area contributed by atoms with E-state index in [1.54, 1.807) is 18.4 Å². The number of nitrogens with zero attached hydrogens (tertiary/aromatic N) is 3. The number of halogens is 1. The molecule has 0 bridgehead atoms.